The van der Waals surface area contributed by atoms with Crippen LogP contribution in [0, 0.1) is 11.8 Å². The second-order valence-corrected chi connectivity index (χ2v) is 7.96. The summed E-state index contributed by atoms with van der Waals surface area (Å²) < 4.78 is 0. The van der Waals surface area contributed by atoms with Crippen LogP contribution < -0.4 is 5.01 Å². The lowest BCUT2D eigenvalue weighted by Crippen LogP contribution is -2.23. The Balaban J connectivity index is 1.38. The van der Waals surface area contributed by atoms with E-state index in [-0.39, 0.29) is 6.04 Å². The maximum absolute atomic E-state index is 5.01. The third kappa shape index (κ3) is 5.11. The summed E-state index contributed by atoms with van der Waals surface area (Å²) in [6.45, 7) is 0. The van der Waals surface area contributed by atoms with Gasteiger partial charge in [0.15, 0.2) is 0 Å². The Bertz CT molecular complexity index is 1310. The van der Waals surface area contributed by atoms with Gasteiger partial charge in [0.05, 0.1) is 17.4 Å². The average molecular weight is 425 g/mol. The van der Waals surface area contributed by atoms with E-state index in [2.05, 4.69) is 102 Å². The van der Waals surface area contributed by atoms with Gasteiger partial charge in [-0.1, -0.05) is 103 Å². The van der Waals surface area contributed by atoms with Crippen molar-refractivity contribution in [3.63, 3.8) is 0 Å². The van der Waals surface area contributed by atoms with E-state index in [1.807, 2.05) is 42.5 Å². The van der Waals surface area contributed by atoms with E-state index >= 15 is 0 Å². The lowest BCUT2D eigenvalue weighted by molar-refractivity contribution is 0.791. The largest absolute Gasteiger partial charge is 0.258 e. The van der Waals surface area contributed by atoms with Crippen LogP contribution in [0.15, 0.2) is 126 Å². The van der Waals surface area contributed by atoms with E-state index in [4.69, 9.17) is 5.10 Å². The van der Waals surface area contributed by atoms with Gasteiger partial charge < -0.3 is 0 Å². The Morgan fingerprint density at radius 3 is 1.91 bits per heavy atom. The smallest absolute Gasteiger partial charge is 0.0765 e. The number of rotatable bonds is 4. The SMILES string of the molecule is C(#Cc1ccc(C2=NN(c3ccccc3)C(C=Cc3ccccc3)C2)cc1)c1ccccc1. The number of hydrazone groups is 1. The van der Waals surface area contributed by atoms with Gasteiger partial charge in [-0.3, -0.25) is 5.01 Å². The van der Waals surface area contributed by atoms with E-state index in [1.165, 1.54) is 5.56 Å². The Morgan fingerprint density at radius 2 is 1.24 bits per heavy atom. The second kappa shape index (κ2) is 9.85. The number of hydrogen-bond donors (Lipinski definition) is 0. The zero-order valence-electron chi connectivity index (χ0n) is 18.3. The van der Waals surface area contributed by atoms with Gasteiger partial charge in [-0.25, -0.2) is 0 Å². The Labute approximate surface area is 195 Å². The van der Waals surface area contributed by atoms with Crippen LogP contribution in [0.25, 0.3) is 6.08 Å². The van der Waals surface area contributed by atoms with Crippen LogP contribution >= 0.6 is 0 Å². The van der Waals surface area contributed by atoms with Crippen molar-refractivity contribution in [2.24, 2.45) is 5.10 Å². The molecule has 4 aromatic rings. The lowest BCUT2D eigenvalue weighted by Gasteiger charge is -2.20. The summed E-state index contributed by atoms with van der Waals surface area (Å²) in [7, 11) is 0. The molecule has 1 atom stereocenters. The molecule has 0 aromatic heterocycles. The Hall–Kier alpha value is -4.35. The first-order valence-corrected chi connectivity index (χ1v) is 11.2. The van der Waals surface area contributed by atoms with E-state index in [0.717, 1.165) is 34.5 Å². The van der Waals surface area contributed by atoms with Crippen molar-refractivity contribution >= 4 is 17.5 Å². The fraction of sp³-hybridized carbons (Fsp3) is 0.0645. The van der Waals surface area contributed by atoms with Crippen molar-refractivity contribution in [2.45, 2.75) is 12.5 Å². The molecule has 5 rings (SSSR count). The quantitative estimate of drug-likeness (QED) is 0.330. The minimum Gasteiger partial charge on any atom is -0.258 e. The summed E-state index contributed by atoms with van der Waals surface area (Å²) in [6.07, 6.45) is 5.28. The molecule has 0 spiro atoms. The summed E-state index contributed by atoms with van der Waals surface area (Å²) in [5.41, 5.74) is 6.54. The van der Waals surface area contributed by atoms with E-state index in [0.29, 0.717) is 0 Å². The van der Waals surface area contributed by atoms with Gasteiger partial charge in [0.25, 0.3) is 0 Å². The summed E-state index contributed by atoms with van der Waals surface area (Å²) in [4.78, 5) is 0. The van der Waals surface area contributed by atoms with Crippen molar-refractivity contribution in [3.05, 3.63) is 144 Å². The average Bonchev–Trinajstić information content (AvgIpc) is 3.33. The standard InChI is InChI=1S/C31H24N2/c1-4-10-25(11-5-1)16-17-27-18-21-28(22-19-27)31-24-30(23-20-26-12-6-2-7-13-26)33(32-31)29-14-8-3-9-15-29/h1-15,18-23,30H,24H2. The Kier molecular flexibility index (Phi) is 6.13. The van der Waals surface area contributed by atoms with Crippen molar-refractivity contribution in [1.82, 2.24) is 0 Å². The van der Waals surface area contributed by atoms with Gasteiger partial charge in [0, 0.05) is 17.5 Å². The van der Waals surface area contributed by atoms with Gasteiger partial charge in [-0.05, 0) is 47.5 Å². The van der Waals surface area contributed by atoms with Gasteiger partial charge in [0.2, 0.25) is 0 Å². The molecule has 0 amide bonds. The fourth-order valence-electron chi connectivity index (χ4n) is 3.88. The summed E-state index contributed by atoms with van der Waals surface area (Å²) >= 11 is 0. The lowest BCUT2D eigenvalue weighted by atomic mass is 10.0. The molecular formula is C31H24N2. The highest BCUT2D eigenvalue weighted by Gasteiger charge is 2.26. The second-order valence-electron chi connectivity index (χ2n) is 7.96. The first kappa shape index (κ1) is 20.5. The molecule has 4 aromatic carbocycles. The molecule has 0 bridgehead atoms. The molecule has 33 heavy (non-hydrogen) atoms. The topological polar surface area (TPSA) is 15.6 Å². The van der Waals surface area contributed by atoms with Gasteiger partial charge in [-0.2, -0.15) is 5.10 Å². The molecule has 0 saturated carbocycles. The van der Waals surface area contributed by atoms with Crippen molar-refractivity contribution < 1.29 is 0 Å². The number of hydrogen-bond acceptors (Lipinski definition) is 2. The zero-order chi connectivity index (χ0) is 22.3. The van der Waals surface area contributed by atoms with Crippen molar-refractivity contribution in [3.8, 4) is 11.8 Å². The molecule has 2 nitrogen and oxygen atoms in total. The van der Waals surface area contributed by atoms with Gasteiger partial charge in [-0.15, -0.1) is 0 Å². The highest BCUT2D eigenvalue weighted by Crippen LogP contribution is 2.28. The molecule has 0 saturated heterocycles. The molecule has 0 fully saturated rings. The van der Waals surface area contributed by atoms with Gasteiger partial charge >= 0.3 is 0 Å². The minimum absolute atomic E-state index is 0.167. The third-order valence-corrected chi connectivity index (χ3v) is 5.62. The first-order valence-electron chi connectivity index (χ1n) is 11.2. The molecular weight excluding hydrogens is 400 g/mol. The van der Waals surface area contributed by atoms with Crippen LogP contribution in [0.3, 0.4) is 0 Å². The van der Waals surface area contributed by atoms with Crippen molar-refractivity contribution in [1.29, 1.82) is 0 Å². The molecule has 1 aliphatic rings. The highest BCUT2D eigenvalue weighted by atomic mass is 15.5. The first-order chi connectivity index (χ1) is 16.3. The highest BCUT2D eigenvalue weighted by molar-refractivity contribution is 6.03. The van der Waals surface area contributed by atoms with Crippen molar-refractivity contribution in [2.75, 3.05) is 5.01 Å². The third-order valence-electron chi connectivity index (χ3n) is 5.62. The summed E-state index contributed by atoms with van der Waals surface area (Å²) in [5.74, 6) is 6.47. The molecule has 158 valence electrons. The predicted octanol–water partition coefficient (Wildman–Crippen LogP) is 6.78. The monoisotopic (exact) mass is 424 g/mol. The number of nitrogens with zero attached hydrogens (tertiary/aromatic N) is 2. The molecule has 1 unspecified atom stereocenters. The van der Waals surface area contributed by atoms with E-state index < -0.39 is 0 Å². The maximum atomic E-state index is 5.01. The number of benzene rings is 4. The predicted molar refractivity (Wildman–Crippen MR) is 138 cm³/mol. The van der Waals surface area contributed by atoms with Crippen LogP contribution in [0.2, 0.25) is 0 Å². The van der Waals surface area contributed by atoms with Gasteiger partial charge in [0.1, 0.15) is 0 Å². The maximum Gasteiger partial charge on any atom is 0.0765 e. The van der Waals surface area contributed by atoms with Crippen LogP contribution in [-0.2, 0) is 0 Å². The van der Waals surface area contributed by atoms with E-state index in [9.17, 15) is 0 Å². The molecule has 1 aliphatic heterocycles. The minimum atomic E-state index is 0.167. The Morgan fingerprint density at radius 1 is 0.667 bits per heavy atom. The molecule has 0 aliphatic carbocycles. The zero-order valence-corrected chi connectivity index (χ0v) is 18.3. The summed E-state index contributed by atoms with van der Waals surface area (Å²) in [6, 6.07) is 39.4. The molecule has 0 N–H and O–H groups in total. The normalized spacial score (nSPS) is 15.2. The number of anilines is 1. The van der Waals surface area contributed by atoms with Crippen LogP contribution in [0.1, 0.15) is 28.7 Å². The van der Waals surface area contributed by atoms with E-state index in [1.54, 1.807) is 0 Å². The fourth-order valence-corrected chi connectivity index (χ4v) is 3.88. The van der Waals surface area contributed by atoms with Crippen LogP contribution in [0.4, 0.5) is 5.69 Å². The van der Waals surface area contributed by atoms with Crippen LogP contribution in [0.5, 0.6) is 0 Å². The number of para-hydroxylation sites is 1. The molecule has 2 heteroatoms. The van der Waals surface area contributed by atoms with Crippen LogP contribution in [-0.4, -0.2) is 11.8 Å². The molecule has 1 heterocycles. The molecule has 0 radical (unpaired) electrons. The summed E-state index contributed by atoms with van der Waals surface area (Å²) in [5, 5.41) is 7.13.